The van der Waals surface area contributed by atoms with Gasteiger partial charge < -0.3 is 14.9 Å². The lowest BCUT2D eigenvalue weighted by atomic mass is 9.69. The predicted molar refractivity (Wildman–Crippen MR) is 216 cm³/mol. The highest BCUT2D eigenvalue weighted by Gasteiger charge is 2.46. The molecule has 1 unspecified atom stereocenters. The number of aryl methyl sites for hydroxylation is 1. The average Bonchev–Trinajstić information content (AvgIpc) is 3.73. The first-order valence-corrected chi connectivity index (χ1v) is 20.8. The quantitative estimate of drug-likeness (QED) is 0.241. The Morgan fingerprint density at radius 1 is 0.724 bits per heavy atom. The molecular weight excluding hydrogens is 731 g/mol. The maximum absolute atomic E-state index is 13.6. The SMILES string of the molecule is O=C1CCC(N2C(=O)c3cc4c(cc3C2=O)CN(CC2CN(C(=O)C3CCN(c5ccc([C@@H]6c7ccc(O)cc7CC[C@@H]6c6ccccc6)cc5)CC3)C2)C4)C(=O)N1. The van der Waals surface area contributed by atoms with Gasteiger partial charge >= 0.3 is 0 Å². The van der Waals surface area contributed by atoms with Crippen LogP contribution in [0.4, 0.5) is 5.69 Å². The van der Waals surface area contributed by atoms with Gasteiger partial charge in [-0.25, -0.2) is 0 Å². The Hall–Kier alpha value is -5.81. The molecule has 3 fully saturated rings. The lowest BCUT2D eigenvalue weighted by Gasteiger charge is -2.44. The Morgan fingerprint density at radius 3 is 2.09 bits per heavy atom. The van der Waals surface area contributed by atoms with E-state index in [2.05, 4.69) is 75.8 Å². The molecule has 0 saturated carbocycles. The van der Waals surface area contributed by atoms with Crippen LogP contribution in [0.3, 0.4) is 0 Å². The van der Waals surface area contributed by atoms with E-state index in [9.17, 15) is 29.1 Å². The molecule has 11 nitrogen and oxygen atoms in total. The topological polar surface area (TPSA) is 131 Å². The normalized spacial score (nSPS) is 23.7. The summed E-state index contributed by atoms with van der Waals surface area (Å²) >= 11 is 0. The van der Waals surface area contributed by atoms with Crippen molar-refractivity contribution in [3.63, 3.8) is 0 Å². The third-order valence-corrected chi connectivity index (χ3v) is 13.6. The van der Waals surface area contributed by atoms with Crippen molar-refractivity contribution in [2.24, 2.45) is 11.8 Å². The number of imide groups is 2. The standard InChI is InChI=1S/C47H47N5O6/c53-36-11-13-38-32(20-36)8-12-37(29-4-2-1-3-5-29)43(38)30-6-9-35(10-7-30)50-18-16-31(17-19-50)45(56)51-24-28(25-51)23-49-26-33-21-39-40(22-34(33)27-49)47(58)52(46(39)57)41-14-15-42(54)48-44(41)55/h1-7,9-11,13,20-22,28,31,37,41,43,53H,8,12,14-19,23-27H2,(H,48,54,55)/t37-,41?,43+/m1/s1. The first-order valence-electron chi connectivity index (χ1n) is 20.8. The van der Waals surface area contributed by atoms with Crippen LogP contribution in [-0.4, -0.2) is 88.1 Å². The fourth-order valence-corrected chi connectivity index (χ4v) is 10.6. The summed E-state index contributed by atoms with van der Waals surface area (Å²) in [5.74, 6) is -0.385. The molecule has 11 heteroatoms. The number of phenolic OH excluding ortho intramolecular Hbond substituents is 1. The van der Waals surface area contributed by atoms with Crippen LogP contribution in [0.25, 0.3) is 0 Å². The monoisotopic (exact) mass is 777 g/mol. The van der Waals surface area contributed by atoms with Crippen molar-refractivity contribution in [2.75, 3.05) is 37.6 Å². The minimum atomic E-state index is -0.969. The van der Waals surface area contributed by atoms with Crippen LogP contribution < -0.4 is 10.2 Å². The third kappa shape index (κ3) is 6.45. The number of piperidine rings is 2. The number of hydrogen-bond acceptors (Lipinski definition) is 8. The highest BCUT2D eigenvalue weighted by atomic mass is 16.3. The van der Waals surface area contributed by atoms with Crippen LogP contribution in [0.2, 0.25) is 0 Å². The Morgan fingerprint density at radius 2 is 1.41 bits per heavy atom. The van der Waals surface area contributed by atoms with E-state index in [0.29, 0.717) is 41.8 Å². The molecule has 5 aliphatic heterocycles. The number of benzene rings is 4. The van der Waals surface area contributed by atoms with Gasteiger partial charge in [-0.15, -0.1) is 0 Å². The van der Waals surface area contributed by atoms with Gasteiger partial charge in [0.05, 0.1) is 11.1 Å². The summed E-state index contributed by atoms with van der Waals surface area (Å²) in [5.41, 5.74) is 9.01. The van der Waals surface area contributed by atoms with Crippen molar-refractivity contribution in [3.8, 4) is 5.75 Å². The van der Waals surface area contributed by atoms with Gasteiger partial charge in [-0.05, 0) is 108 Å². The number of carbonyl (C=O) groups is 5. The maximum Gasteiger partial charge on any atom is 0.262 e. The minimum absolute atomic E-state index is 0.0338. The van der Waals surface area contributed by atoms with E-state index in [-0.39, 0.29) is 30.6 Å². The molecule has 0 aromatic heterocycles. The second-order valence-corrected chi connectivity index (χ2v) is 17.2. The molecule has 3 saturated heterocycles. The Balaban J connectivity index is 0.717. The molecule has 4 aromatic carbocycles. The summed E-state index contributed by atoms with van der Waals surface area (Å²) in [5, 5.41) is 12.5. The Kier molecular flexibility index (Phi) is 9.15. The summed E-state index contributed by atoms with van der Waals surface area (Å²) in [6.45, 7) is 5.35. The van der Waals surface area contributed by atoms with E-state index < -0.39 is 29.7 Å². The number of hydrogen-bond donors (Lipinski definition) is 2. The number of carbonyl (C=O) groups excluding carboxylic acids is 5. The molecular formula is C47H47N5O6. The molecule has 5 heterocycles. The van der Waals surface area contributed by atoms with Crippen LogP contribution in [0.1, 0.15) is 98.0 Å². The van der Waals surface area contributed by atoms with Crippen molar-refractivity contribution in [3.05, 3.63) is 129 Å². The molecule has 5 amide bonds. The number of phenols is 1. The molecule has 0 bridgehead atoms. The maximum atomic E-state index is 13.6. The molecule has 1 aliphatic carbocycles. The van der Waals surface area contributed by atoms with E-state index in [1.165, 1.54) is 27.9 Å². The van der Waals surface area contributed by atoms with Crippen molar-refractivity contribution in [1.29, 1.82) is 0 Å². The highest BCUT2D eigenvalue weighted by Crippen LogP contribution is 2.47. The van der Waals surface area contributed by atoms with Crippen molar-refractivity contribution >= 4 is 35.2 Å². The predicted octanol–water partition coefficient (Wildman–Crippen LogP) is 5.35. The van der Waals surface area contributed by atoms with Crippen LogP contribution >= 0.6 is 0 Å². The van der Waals surface area contributed by atoms with Gasteiger partial charge in [-0.2, -0.15) is 0 Å². The van der Waals surface area contributed by atoms with Crippen LogP contribution in [0.5, 0.6) is 5.75 Å². The molecule has 2 N–H and O–H groups in total. The molecule has 58 heavy (non-hydrogen) atoms. The van der Waals surface area contributed by atoms with Gasteiger partial charge in [0, 0.05) is 75.7 Å². The van der Waals surface area contributed by atoms with Crippen molar-refractivity contribution in [1.82, 2.24) is 20.0 Å². The van der Waals surface area contributed by atoms with Crippen LogP contribution in [-0.2, 0) is 33.9 Å². The fraction of sp³-hybridized carbons (Fsp3) is 0.383. The second kappa shape index (κ2) is 14.5. The lowest BCUT2D eigenvalue weighted by Crippen LogP contribution is -2.55. The smallest absolute Gasteiger partial charge is 0.262 e. The zero-order valence-corrected chi connectivity index (χ0v) is 32.4. The van der Waals surface area contributed by atoms with Gasteiger partial charge in [-0.3, -0.25) is 39.1 Å². The van der Waals surface area contributed by atoms with Gasteiger partial charge in [-0.1, -0.05) is 48.5 Å². The summed E-state index contributed by atoms with van der Waals surface area (Å²) in [7, 11) is 0. The number of rotatable bonds is 7. The molecule has 3 atom stereocenters. The van der Waals surface area contributed by atoms with Gasteiger partial charge in [0.15, 0.2) is 0 Å². The molecule has 296 valence electrons. The van der Waals surface area contributed by atoms with Gasteiger partial charge in [0.25, 0.3) is 11.8 Å². The summed E-state index contributed by atoms with van der Waals surface area (Å²) in [6, 6.07) is 28.3. The van der Waals surface area contributed by atoms with Gasteiger partial charge in [0.1, 0.15) is 11.8 Å². The highest BCUT2D eigenvalue weighted by molar-refractivity contribution is 6.23. The Labute approximate surface area is 337 Å². The number of likely N-dealkylation sites (tertiary alicyclic amines) is 1. The fourth-order valence-electron chi connectivity index (χ4n) is 10.6. The molecule has 10 rings (SSSR count). The molecule has 0 spiro atoms. The summed E-state index contributed by atoms with van der Waals surface area (Å²) in [4.78, 5) is 72.0. The molecule has 6 aliphatic rings. The summed E-state index contributed by atoms with van der Waals surface area (Å²) < 4.78 is 0. The van der Waals surface area contributed by atoms with E-state index >= 15 is 0 Å². The van der Waals surface area contributed by atoms with E-state index in [0.717, 1.165) is 74.4 Å². The first kappa shape index (κ1) is 36.5. The zero-order valence-electron chi connectivity index (χ0n) is 32.4. The van der Waals surface area contributed by atoms with E-state index in [4.69, 9.17) is 0 Å². The molecule has 4 aromatic rings. The largest absolute Gasteiger partial charge is 0.508 e. The van der Waals surface area contributed by atoms with Gasteiger partial charge in [0.2, 0.25) is 17.7 Å². The van der Waals surface area contributed by atoms with E-state index in [1.54, 1.807) is 12.1 Å². The van der Waals surface area contributed by atoms with E-state index in [1.807, 2.05) is 17.0 Å². The zero-order chi connectivity index (χ0) is 39.7. The third-order valence-electron chi connectivity index (χ3n) is 13.6. The van der Waals surface area contributed by atoms with Crippen molar-refractivity contribution < 1.29 is 29.1 Å². The number of nitrogens with one attached hydrogen (secondary N) is 1. The summed E-state index contributed by atoms with van der Waals surface area (Å²) in [6.07, 6.45) is 3.88. The number of aromatic hydroxyl groups is 1. The van der Waals surface area contributed by atoms with Crippen LogP contribution in [0, 0.1) is 11.8 Å². The first-order chi connectivity index (χ1) is 28.2. The second-order valence-electron chi connectivity index (χ2n) is 17.2. The number of fused-ring (bicyclic) bond motifs is 3. The molecule has 0 radical (unpaired) electrons. The lowest BCUT2D eigenvalue weighted by molar-refractivity contribution is -0.143. The number of amides is 5. The minimum Gasteiger partial charge on any atom is -0.508 e. The number of anilines is 1. The number of nitrogens with zero attached hydrogens (tertiary/aromatic N) is 4. The van der Waals surface area contributed by atoms with Crippen LogP contribution in [0.15, 0.2) is 84.9 Å². The average molecular weight is 778 g/mol. The Bertz CT molecular complexity index is 2290. The van der Waals surface area contributed by atoms with Crippen molar-refractivity contribution in [2.45, 2.75) is 69.5 Å².